The maximum absolute atomic E-state index is 11.3. The molecule has 4 heteroatoms. The Hall–Kier alpha value is -0.670. The van der Waals surface area contributed by atoms with Crippen LogP contribution >= 0.6 is 23.4 Å². The van der Waals surface area contributed by atoms with Gasteiger partial charge in [0, 0.05) is 4.90 Å². The van der Waals surface area contributed by atoms with Crippen molar-refractivity contribution in [3.8, 4) is 0 Å². The van der Waals surface area contributed by atoms with Crippen molar-refractivity contribution in [1.82, 2.24) is 0 Å². The van der Waals surface area contributed by atoms with Gasteiger partial charge in [-0.2, -0.15) is 0 Å². The van der Waals surface area contributed by atoms with Crippen LogP contribution in [0.3, 0.4) is 0 Å². The molecular formula is C10H11ClO2S. The molecule has 1 aromatic carbocycles. The van der Waals surface area contributed by atoms with Gasteiger partial charge in [-0.25, -0.2) is 4.79 Å². The van der Waals surface area contributed by atoms with Gasteiger partial charge in [-0.15, -0.1) is 11.8 Å². The van der Waals surface area contributed by atoms with Crippen LogP contribution in [0.4, 0.5) is 0 Å². The molecular weight excluding hydrogens is 220 g/mol. The molecule has 0 aliphatic heterocycles. The van der Waals surface area contributed by atoms with E-state index in [0.29, 0.717) is 10.6 Å². The van der Waals surface area contributed by atoms with Gasteiger partial charge in [-0.05, 0) is 30.9 Å². The highest BCUT2D eigenvalue weighted by Crippen LogP contribution is 2.29. The van der Waals surface area contributed by atoms with E-state index in [1.54, 1.807) is 17.8 Å². The molecule has 0 aliphatic rings. The molecule has 2 nitrogen and oxygen atoms in total. The minimum Gasteiger partial charge on any atom is -0.465 e. The Labute approximate surface area is 92.6 Å². The third kappa shape index (κ3) is 2.04. The predicted molar refractivity (Wildman–Crippen MR) is 59.3 cm³/mol. The van der Waals surface area contributed by atoms with Crippen LogP contribution in [-0.2, 0) is 4.74 Å². The van der Waals surface area contributed by atoms with Crippen molar-refractivity contribution >= 4 is 29.3 Å². The maximum Gasteiger partial charge on any atom is 0.339 e. The first-order valence-corrected chi connectivity index (χ1v) is 5.63. The highest BCUT2D eigenvalue weighted by molar-refractivity contribution is 7.98. The second-order valence-electron chi connectivity index (χ2n) is 2.75. The molecule has 0 amide bonds. The van der Waals surface area contributed by atoms with E-state index in [2.05, 4.69) is 4.74 Å². The van der Waals surface area contributed by atoms with Crippen molar-refractivity contribution in [2.75, 3.05) is 13.4 Å². The quantitative estimate of drug-likeness (QED) is 0.577. The minimum absolute atomic E-state index is 0.397. The number of carbonyl (C=O) groups excluding carboxylic acids is 1. The number of esters is 1. The van der Waals surface area contributed by atoms with Gasteiger partial charge in [0.15, 0.2) is 0 Å². The summed E-state index contributed by atoms with van der Waals surface area (Å²) in [7, 11) is 1.34. The zero-order valence-corrected chi connectivity index (χ0v) is 9.83. The van der Waals surface area contributed by atoms with Gasteiger partial charge in [0.25, 0.3) is 0 Å². The lowest BCUT2D eigenvalue weighted by Gasteiger charge is -2.08. The SMILES string of the molecule is COC(=O)c1ccc(SC)c(C)c1Cl. The fourth-order valence-corrected chi connectivity index (χ4v) is 2.07. The number of thioether (sulfide) groups is 1. The van der Waals surface area contributed by atoms with Gasteiger partial charge in [0.1, 0.15) is 0 Å². The highest BCUT2D eigenvalue weighted by atomic mass is 35.5. The van der Waals surface area contributed by atoms with E-state index < -0.39 is 5.97 Å². The summed E-state index contributed by atoms with van der Waals surface area (Å²) in [5.74, 6) is -0.397. The Morgan fingerprint density at radius 1 is 1.50 bits per heavy atom. The molecule has 0 aliphatic carbocycles. The summed E-state index contributed by atoms with van der Waals surface area (Å²) in [5, 5.41) is 0.476. The Bertz CT molecular complexity index is 363. The van der Waals surface area contributed by atoms with Crippen molar-refractivity contribution in [2.24, 2.45) is 0 Å². The lowest BCUT2D eigenvalue weighted by Crippen LogP contribution is -2.03. The average molecular weight is 231 g/mol. The summed E-state index contributed by atoms with van der Waals surface area (Å²) >= 11 is 7.64. The Balaban J connectivity index is 3.24. The van der Waals surface area contributed by atoms with E-state index in [1.165, 1.54) is 7.11 Å². The Kier molecular flexibility index (Phi) is 3.84. The number of methoxy groups -OCH3 is 1. The molecule has 0 heterocycles. The lowest BCUT2D eigenvalue weighted by molar-refractivity contribution is 0.0601. The van der Waals surface area contributed by atoms with Gasteiger partial charge in [-0.1, -0.05) is 11.6 Å². The van der Waals surface area contributed by atoms with Crippen LogP contribution in [0.25, 0.3) is 0 Å². The number of hydrogen-bond donors (Lipinski definition) is 0. The standard InChI is InChI=1S/C10H11ClO2S/c1-6-8(14-3)5-4-7(9(6)11)10(12)13-2/h4-5H,1-3H3. The summed E-state index contributed by atoms with van der Waals surface area (Å²) in [4.78, 5) is 12.3. The first-order valence-electron chi connectivity index (χ1n) is 4.03. The molecule has 0 saturated heterocycles. The normalized spacial score (nSPS) is 10.0. The van der Waals surface area contributed by atoms with Crippen molar-refractivity contribution < 1.29 is 9.53 Å². The largest absolute Gasteiger partial charge is 0.465 e. The van der Waals surface area contributed by atoms with E-state index >= 15 is 0 Å². The summed E-state index contributed by atoms with van der Waals surface area (Å²) in [6.45, 7) is 1.89. The van der Waals surface area contributed by atoms with E-state index in [1.807, 2.05) is 19.2 Å². The van der Waals surface area contributed by atoms with Gasteiger partial charge in [0.2, 0.25) is 0 Å². The molecule has 0 saturated carbocycles. The molecule has 0 unspecified atom stereocenters. The third-order valence-corrected chi connectivity index (χ3v) is 3.33. The van der Waals surface area contributed by atoms with Crippen LogP contribution < -0.4 is 0 Å². The van der Waals surface area contributed by atoms with E-state index in [9.17, 15) is 4.79 Å². The Morgan fingerprint density at radius 2 is 2.14 bits per heavy atom. The summed E-state index contributed by atoms with van der Waals surface area (Å²) in [5.41, 5.74) is 1.34. The van der Waals surface area contributed by atoms with Crippen LogP contribution in [0.15, 0.2) is 17.0 Å². The van der Waals surface area contributed by atoms with Gasteiger partial charge in [-0.3, -0.25) is 0 Å². The first kappa shape index (κ1) is 11.4. The molecule has 0 N–H and O–H groups in total. The van der Waals surface area contributed by atoms with Crippen LogP contribution in [0.5, 0.6) is 0 Å². The fourth-order valence-electron chi connectivity index (χ4n) is 1.16. The van der Waals surface area contributed by atoms with E-state index in [0.717, 1.165) is 10.5 Å². The highest BCUT2D eigenvalue weighted by Gasteiger charge is 2.13. The van der Waals surface area contributed by atoms with Gasteiger partial charge >= 0.3 is 5.97 Å². The predicted octanol–water partition coefficient (Wildman–Crippen LogP) is 3.16. The molecule has 0 radical (unpaired) electrons. The molecule has 1 aromatic rings. The van der Waals surface area contributed by atoms with Gasteiger partial charge in [0.05, 0.1) is 17.7 Å². The number of rotatable bonds is 2. The number of benzene rings is 1. The molecule has 1 rings (SSSR count). The van der Waals surface area contributed by atoms with Crippen molar-refractivity contribution in [2.45, 2.75) is 11.8 Å². The first-order chi connectivity index (χ1) is 6.61. The van der Waals surface area contributed by atoms with Crippen molar-refractivity contribution in [3.63, 3.8) is 0 Å². The van der Waals surface area contributed by atoms with E-state index in [-0.39, 0.29) is 0 Å². The molecule has 0 bridgehead atoms. The van der Waals surface area contributed by atoms with Gasteiger partial charge < -0.3 is 4.74 Å². The third-order valence-electron chi connectivity index (χ3n) is 1.96. The van der Waals surface area contributed by atoms with E-state index in [4.69, 9.17) is 11.6 Å². The van der Waals surface area contributed by atoms with Crippen LogP contribution in [-0.4, -0.2) is 19.3 Å². The average Bonchev–Trinajstić information content (AvgIpc) is 2.21. The summed E-state index contributed by atoms with van der Waals surface area (Å²) in [6.07, 6.45) is 1.97. The van der Waals surface area contributed by atoms with Crippen LogP contribution in [0, 0.1) is 6.92 Å². The smallest absolute Gasteiger partial charge is 0.339 e. The summed E-state index contributed by atoms with van der Waals surface area (Å²) < 4.78 is 4.62. The second-order valence-corrected chi connectivity index (χ2v) is 3.97. The molecule has 0 aromatic heterocycles. The maximum atomic E-state index is 11.3. The number of ether oxygens (including phenoxy) is 1. The topological polar surface area (TPSA) is 26.3 Å². The van der Waals surface area contributed by atoms with Crippen LogP contribution in [0.1, 0.15) is 15.9 Å². The number of halogens is 1. The molecule has 0 atom stereocenters. The lowest BCUT2D eigenvalue weighted by atomic mass is 10.1. The Morgan fingerprint density at radius 3 is 2.64 bits per heavy atom. The molecule has 0 spiro atoms. The molecule has 14 heavy (non-hydrogen) atoms. The molecule has 76 valence electrons. The van der Waals surface area contributed by atoms with Crippen LogP contribution in [0.2, 0.25) is 5.02 Å². The molecule has 0 fully saturated rings. The van der Waals surface area contributed by atoms with Crippen molar-refractivity contribution in [1.29, 1.82) is 0 Å². The zero-order chi connectivity index (χ0) is 10.7. The monoisotopic (exact) mass is 230 g/mol. The van der Waals surface area contributed by atoms with Crippen molar-refractivity contribution in [3.05, 3.63) is 28.3 Å². The second kappa shape index (κ2) is 4.71. The fraction of sp³-hybridized carbons (Fsp3) is 0.300. The number of hydrogen-bond acceptors (Lipinski definition) is 3. The zero-order valence-electron chi connectivity index (χ0n) is 8.26. The number of carbonyl (C=O) groups is 1. The summed E-state index contributed by atoms with van der Waals surface area (Å²) in [6, 6.07) is 3.56. The minimum atomic E-state index is -0.397.